The predicted molar refractivity (Wildman–Crippen MR) is 87.0 cm³/mol. The molecule has 0 aliphatic rings. The van der Waals surface area contributed by atoms with E-state index < -0.39 is 0 Å². The molecule has 112 valence electrons. The molecule has 2 rings (SSSR count). The van der Waals surface area contributed by atoms with Crippen LogP contribution >= 0.6 is 0 Å². The summed E-state index contributed by atoms with van der Waals surface area (Å²) in [4.78, 5) is 4.55. The van der Waals surface area contributed by atoms with Gasteiger partial charge in [0.05, 0.1) is 11.7 Å². The second-order valence-corrected chi connectivity index (χ2v) is 5.20. The Morgan fingerprint density at radius 1 is 1.10 bits per heavy atom. The Kier molecular flexibility index (Phi) is 6.68. The number of aryl methyl sites for hydroxylation is 1. The summed E-state index contributed by atoms with van der Waals surface area (Å²) < 4.78 is 1.91. The van der Waals surface area contributed by atoms with Crippen molar-refractivity contribution in [3.8, 4) is 0 Å². The van der Waals surface area contributed by atoms with Gasteiger partial charge in [0.1, 0.15) is 0 Å². The Morgan fingerprint density at radius 3 is 2.45 bits per heavy atom. The van der Waals surface area contributed by atoms with Gasteiger partial charge in [-0.05, 0) is 38.8 Å². The zero-order valence-electron chi connectivity index (χ0n) is 13.7. The molecule has 1 heterocycles. The number of fused-ring (bicyclic) bond motifs is 1. The van der Waals surface area contributed by atoms with Crippen molar-refractivity contribution in [2.45, 2.75) is 20.4 Å². The molecule has 0 N–H and O–H groups in total. The summed E-state index contributed by atoms with van der Waals surface area (Å²) in [6, 6.07) is 6.57. The van der Waals surface area contributed by atoms with E-state index in [-0.39, 0.29) is 0 Å². The van der Waals surface area contributed by atoms with Crippen molar-refractivity contribution >= 4 is 10.9 Å². The lowest BCUT2D eigenvalue weighted by molar-refractivity contribution is 0.276. The summed E-state index contributed by atoms with van der Waals surface area (Å²) in [7, 11) is 8.35. The van der Waals surface area contributed by atoms with Crippen molar-refractivity contribution in [1.82, 2.24) is 19.6 Å². The van der Waals surface area contributed by atoms with Crippen molar-refractivity contribution in [2.24, 2.45) is 7.05 Å². The van der Waals surface area contributed by atoms with E-state index in [1.807, 2.05) is 31.8 Å². The number of benzene rings is 1. The maximum atomic E-state index is 4.27. The highest BCUT2D eigenvalue weighted by molar-refractivity contribution is 5.79. The molecule has 2 aromatic rings. The highest BCUT2D eigenvalue weighted by Crippen LogP contribution is 2.15. The Hall–Kier alpha value is -1.39. The molecule has 1 aromatic carbocycles. The first-order valence-corrected chi connectivity index (χ1v) is 7.30. The normalized spacial score (nSPS) is 11.0. The molecule has 0 aliphatic heterocycles. The quantitative estimate of drug-likeness (QED) is 0.839. The van der Waals surface area contributed by atoms with Gasteiger partial charge in [-0.25, -0.2) is 0 Å². The molecular weight excluding hydrogens is 248 g/mol. The maximum Gasteiger partial charge on any atom is 0.0679 e. The minimum Gasteiger partial charge on any atom is -0.308 e. The number of rotatable bonds is 5. The van der Waals surface area contributed by atoms with E-state index in [9.17, 15) is 0 Å². The van der Waals surface area contributed by atoms with Gasteiger partial charge < -0.3 is 9.80 Å². The SMILES string of the molecule is CC.CN(C)CCN(C)Cc1ccc2c(cnn2C)c1. The zero-order valence-corrected chi connectivity index (χ0v) is 13.7. The van der Waals surface area contributed by atoms with E-state index in [1.54, 1.807) is 0 Å². The van der Waals surface area contributed by atoms with Crippen molar-refractivity contribution < 1.29 is 0 Å². The number of hydrogen-bond donors (Lipinski definition) is 0. The lowest BCUT2D eigenvalue weighted by atomic mass is 10.1. The highest BCUT2D eigenvalue weighted by atomic mass is 15.2. The lowest BCUT2D eigenvalue weighted by Gasteiger charge is -2.19. The molecule has 0 bridgehead atoms. The van der Waals surface area contributed by atoms with E-state index >= 15 is 0 Å². The molecule has 1 aromatic heterocycles. The number of likely N-dealkylation sites (N-methyl/N-ethyl adjacent to an activating group) is 2. The van der Waals surface area contributed by atoms with Crippen LogP contribution in [0.15, 0.2) is 24.4 Å². The molecule has 0 unspecified atom stereocenters. The average Bonchev–Trinajstić information content (AvgIpc) is 2.80. The van der Waals surface area contributed by atoms with Crippen molar-refractivity contribution in [3.63, 3.8) is 0 Å². The molecule has 4 nitrogen and oxygen atoms in total. The van der Waals surface area contributed by atoms with Crippen LogP contribution in [0.5, 0.6) is 0 Å². The molecule has 20 heavy (non-hydrogen) atoms. The second kappa shape index (κ2) is 8.02. The van der Waals surface area contributed by atoms with Gasteiger partial charge in [0.25, 0.3) is 0 Å². The fraction of sp³-hybridized carbons (Fsp3) is 0.562. The third kappa shape index (κ3) is 4.62. The van der Waals surface area contributed by atoms with Crippen molar-refractivity contribution in [1.29, 1.82) is 0 Å². The first-order valence-electron chi connectivity index (χ1n) is 7.30. The van der Waals surface area contributed by atoms with E-state index in [1.165, 1.54) is 16.5 Å². The summed E-state index contributed by atoms with van der Waals surface area (Å²) in [6.45, 7) is 7.16. The monoisotopic (exact) mass is 276 g/mol. The van der Waals surface area contributed by atoms with E-state index in [0.717, 1.165) is 19.6 Å². The zero-order chi connectivity index (χ0) is 15.1. The van der Waals surface area contributed by atoms with Crippen LogP contribution in [0.3, 0.4) is 0 Å². The lowest BCUT2D eigenvalue weighted by Crippen LogP contribution is -2.28. The largest absolute Gasteiger partial charge is 0.308 e. The molecule has 0 saturated carbocycles. The van der Waals surface area contributed by atoms with Gasteiger partial charge in [-0.3, -0.25) is 4.68 Å². The van der Waals surface area contributed by atoms with Crippen LogP contribution in [0.2, 0.25) is 0 Å². The second-order valence-electron chi connectivity index (χ2n) is 5.20. The van der Waals surface area contributed by atoms with Crippen LogP contribution in [-0.4, -0.2) is 53.8 Å². The van der Waals surface area contributed by atoms with E-state index in [4.69, 9.17) is 0 Å². The summed E-state index contributed by atoms with van der Waals surface area (Å²) in [5.74, 6) is 0. The molecule has 0 aliphatic carbocycles. The molecule has 0 saturated heterocycles. The van der Waals surface area contributed by atoms with E-state index in [2.05, 4.69) is 54.2 Å². The number of aromatic nitrogens is 2. The van der Waals surface area contributed by atoms with Crippen LogP contribution in [0.4, 0.5) is 0 Å². The van der Waals surface area contributed by atoms with Crippen molar-refractivity contribution in [3.05, 3.63) is 30.0 Å². The van der Waals surface area contributed by atoms with Crippen LogP contribution in [0.1, 0.15) is 19.4 Å². The van der Waals surface area contributed by atoms with Gasteiger partial charge >= 0.3 is 0 Å². The topological polar surface area (TPSA) is 24.3 Å². The van der Waals surface area contributed by atoms with Gasteiger partial charge in [-0.2, -0.15) is 5.10 Å². The first-order chi connectivity index (χ1) is 9.56. The molecule has 0 amide bonds. The summed E-state index contributed by atoms with van der Waals surface area (Å²) in [5, 5.41) is 5.49. The minimum atomic E-state index is 0.985. The van der Waals surface area contributed by atoms with Gasteiger partial charge in [0.2, 0.25) is 0 Å². The van der Waals surface area contributed by atoms with Crippen LogP contribution in [0.25, 0.3) is 10.9 Å². The molecule has 4 heteroatoms. The highest BCUT2D eigenvalue weighted by Gasteiger charge is 2.04. The van der Waals surface area contributed by atoms with Gasteiger partial charge in [0, 0.05) is 32.1 Å². The Balaban J connectivity index is 0.000000956. The average molecular weight is 276 g/mol. The van der Waals surface area contributed by atoms with Crippen molar-refractivity contribution in [2.75, 3.05) is 34.2 Å². The Labute approximate surface area is 123 Å². The smallest absolute Gasteiger partial charge is 0.0679 e. The standard InChI is InChI=1S/C14H22N4.C2H6/c1-16(2)7-8-17(3)11-12-5-6-14-13(9-12)10-15-18(14)4;1-2/h5-6,9-10H,7-8,11H2,1-4H3;1-2H3. The molecule has 0 radical (unpaired) electrons. The molecule has 0 spiro atoms. The third-order valence-corrected chi connectivity index (χ3v) is 3.19. The summed E-state index contributed by atoms with van der Waals surface area (Å²) in [5.41, 5.74) is 2.53. The molecular formula is C16H28N4. The summed E-state index contributed by atoms with van der Waals surface area (Å²) in [6.07, 6.45) is 1.93. The number of nitrogens with zero attached hydrogens (tertiary/aromatic N) is 4. The predicted octanol–water partition coefficient (Wildman–Crippen LogP) is 2.59. The van der Waals surface area contributed by atoms with Gasteiger partial charge in [0.15, 0.2) is 0 Å². The van der Waals surface area contributed by atoms with Crippen LogP contribution in [0, 0.1) is 0 Å². The first kappa shape index (κ1) is 16.7. The minimum absolute atomic E-state index is 0.985. The van der Waals surface area contributed by atoms with Gasteiger partial charge in [-0.15, -0.1) is 0 Å². The third-order valence-electron chi connectivity index (χ3n) is 3.19. The fourth-order valence-electron chi connectivity index (χ4n) is 2.07. The van der Waals surface area contributed by atoms with Crippen LogP contribution < -0.4 is 0 Å². The number of hydrogen-bond acceptors (Lipinski definition) is 3. The molecule has 0 atom stereocenters. The maximum absolute atomic E-state index is 4.27. The fourth-order valence-corrected chi connectivity index (χ4v) is 2.07. The Bertz CT molecular complexity index is 516. The van der Waals surface area contributed by atoms with Gasteiger partial charge in [-0.1, -0.05) is 19.9 Å². The summed E-state index contributed by atoms with van der Waals surface area (Å²) >= 11 is 0. The van der Waals surface area contributed by atoms with Crippen LogP contribution in [-0.2, 0) is 13.6 Å². The Morgan fingerprint density at radius 2 is 1.80 bits per heavy atom. The van der Waals surface area contributed by atoms with E-state index in [0.29, 0.717) is 0 Å². The molecule has 0 fully saturated rings.